The number of rotatable bonds is 18. The van der Waals surface area contributed by atoms with Crippen LogP contribution in [-0.4, -0.2) is 232 Å². The highest BCUT2D eigenvalue weighted by Crippen LogP contribution is 2.44. The van der Waals surface area contributed by atoms with E-state index in [1.54, 1.807) is 21.9 Å². The average molecular weight is 1840 g/mol. The van der Waals surface area contributed by atoms with Crippen molar-refractivity contribution in [2.24, 2.45) is 11.8 Å². The van der Waals surface area contributed by atoms with E-state index in [2.05, 4.69) is 38.5 Å². The van der Waals surface area contributed by atoms with E-state index in [9.17, 15) is 140 Å². The molecule has 11 aromatic rings. The molecule has 3 heterocycles. The number of carbonyl (C=O) groups excluding carboxylic acids is 8. The van der Waals surface area contributed by atoms with Gasteiger partial charge in [-0.05, 0) is 244 Å². The molecule has 134 heavy (non-hydrogen) atoms. The summed E-state index contributed by atoms with van der Waals surface area (Å²) in [5.74, 6) is -10.7. The second-order valence-electron chi connectivity index (χ2n) is 31.7. The minimum Gasteiger partial charge on any atom is -0.504 e. The minimum absolute atomic E-state index is 0.0407. The number of Topliss-reactive ketones (excluding diaryl/α,β-unsaturated/α-hetero) is 1. The number of nitrogens with one attached hydrogen (secondary N) is 5. The van der Waals surface area contributed by atoms with Crippen molar-refractivity contribution in [2.75, 3.05) is 38.5 Å². The average Bonchev–Trinajstić information content (AvgIpc) is 1.59. The van der Waals surface area contributed by atoms with Gasteiger partial charge in [0.2, 0.25) is 0 Å². The van der Waals surface area contributed by atoms with Crippen molar-refractivity contribution in [2.45, 2.75) is 82.1 Å². The van der Waals surface area contributed by atoms with Crippen LogP contribution < -0.4 is 26.6 Å². The summed E-state index contributed by atoms with van der Waals surface area (Å²) in [6, 6.07) is 43.2. The smallest absolute Gasteiger partial charge is 0.268 e. The Morgan fingerprint density at radius 2 is 0.619 bits per heavy atom. The van der Waals surface area contributed by atoms with Gasteiger partial charge in [-0.3, -0.25) is 43.3 Å². The molecule has 15 rings (SSSR count). The van der Waals surface area contributed by atoms with Gasteiger partial charge < -0.3 is 149 Å². The second kappa shape index (κ2) is 43.2. The standard InChI is InChI=1S/C23H20N2O8.C22H25NO5.C20H22N2O6.C18H18N2O6.C13H11NO5/c26-16-4-1-12(8-19(16)29)7-15(25-22(32)14-3-6-18(28)21(31)10-14)23(33)24-11-13-2-5-17(27)20(30)9-13;1-23-16-4-5-17(23)15(9-13-3-7-19(25)21(27)11-13)22(28)14(16)8-12-2-6-18(24)20(26)10-12;23-15-7-5-11(9-17(15)25)19(27)21-13-3-1-2-4-14(13)22-20(28)12-6-8-16(24)18(26)10-12;21-13-3-1-11(9-15(13)23)17(25)19-5-7-20(8-6-19)18(26)12-2-4-14(22)16(24)10-12;15-9-3-1-7(5-11(9)17)13(19)14-8-2-4-10(16)12(18)6-8/h1-10,26-31H,11H2,(H,24,33)(H,25,32);2-3,6-7,10-11,14-17,24-27H,4-5,8-9H2,1H3;5-10,13-14,23-26H,1-4H2,(H,21,27)(H,22,28);1-4,9-10,21-24H,5-8H2;1-6,15-18H,(H,14,19)/b15-7+;;;;/t;;13-,14?;;/m..1../s1. The molecule has 4 aliphatic rings. The van der Waals surface area contributed by atoms with Crippen molar-refractivity contribution in [3.63, 3.8) is 0 Å². The monoisotopic (exact) mass is 1840 g/mol. The van der Waals surface area contributed by atoms with Crippen LogP contribution in [0.15, 0.2) is 206 Å². The van der Waals surface area contributed by atoms with Crippen LogP contribution in [0.5, 0.6) is 126 Å². The Labute approximate surface area is 762 Å². The molecule has 27 N–H and O–H groups in total. The number of amides is 7. The van der Waals surface area contributed by atoms with Crippen molar-refractivity contribution in [3.05, 3.63) is 262 Å². The Balaban J connectivity index is 0.000000163. The largest absolute Gasteiger partial charge is 0.504 e. The van der Waals surface area contributed by atoms with E-state index in [1.807, 2.05) is 0 Å². The molecule has 3 saturated heterocycles. The molecular weight excluding hydrogens is 1750 g/mol. The summed E-state index contributed by atoms with van der Waals surface area (Å²) in [6.45, 7) is 1.21. The summed E-state index contributed by atoms with van der Waals surface area (Å²) in [6.07, 6.45) is 7.37. The quantitative estimate of drug-likeness (QED) is 0.0216. The van der Waals surface area contributed by atoms with Gasteiger partial charge in [-0.2, -0.15) is 0 Å². The topological polar surface area (TPSA) is 651 Å². The number of fused-ring (bicyclic) bond motifs is 2. The molecule has 1 saturated carbocycles. The highest BCUT2D eigenvalue weighted by Gasteiger charge is 2.51. The SMILES string of the molecule is CN1C2CCC1C(Cc1ccc(O)c(O)c1)C(=O)C2Cc1ccc(O)c(O)c1.O=C(NC1CCCC[C@H]1NC(=O)c1ccc(O)c(O)c1)c1ccc(O)c(O)c1.O=C(NCc1ccc(O)c(O)c1)/C(=C\c1ccc(O)c(O)c1)NC(=O)c1ccc(O)c(O)c1.O=C(Nc1ccc(O)c(O)c1)c1ccc(O)c(O)c1.O=C(c1ccc(O)c(O)c1)N1CCN(C(=O)c2ccc(O)c(O)c2)CC1. The second-order valence-corrected chi connectivity index (χ2v) is 31.7. The number of aromatic hydroxyl groups is 22. The van der Waals surface area contributed by atoms with Gasteiger partial charge in [0.25, 0.3) is 41.4 Å². The summed E-state index contributed by atoms with van der Waals surface area (Å²) in [7, 11) is 2.07. The lowest BCUT2D eigenvalue weighted by atomic mass is 9.76. The Hall–Kier alpha value is -17.3. The van der Waals surface area contributed by atoms with Gasteiger partial charge in [-0.25, -0.2) is 0 Å². The first-order valence-corrected chi connectivity index (χ1v) is 41.4. The van der Waals surface area contributed by atoms with Crippen LogP contribution in [0.2, 0.25) is 0 Å². The van der Waals surface area contributed by atoms with Crippen molar-refractivity contribution in [1.29, 1.82) is 0 Å². The van der Waals surface area contributed by atoms with Crippen LogP contribution in [-0.2, 0) is 29.0 Å². The van der Waals surface area contributed by atoms with Crippen molar-refractivity contribution in [3.8, 4) is 126 Å². The molecule has 1 aliphatic carbocycles. The first-order chi connectivity index (χ1) is 63.7. The molecule has 38 nitrogen and oxygen atoms in total. The van der Waals surface area contributed by atoms with E-state index < -0.39 is 52.5 Å². The van der Waals surface area contributed by atoms with Gasteiger partial charge in [0.1, 0.15) is 11.5 Å². The first-order valence-electron chi connectivity index (χ1n) is 41.4. The maximum absolute atomic E-state index is 13.4. The fourth-order valence-electron chi connectivity index (χ4n) is 15.3. The van der Waals surface area contributed by atoms with Gasteiger partial charge in [0.15, 0.2) is 126 Å². The molecule has 0 radical (unpaired) electrons. The van der Waals surface area contributed by atoms with E-state index >= 15 is 0 Å². The van der Waals surface area contributed by atoms with Crippen LogP contribution in [0, 0.1) is 11.8 Å². The molecule has 2 bridgehead atoms. The normalized spacial score (nSPS) is 16.6. The van der Waals surface area contributed by atoms with Crippen LogP contribution in [0.4, 0.5) is 5.69 Å². The van der Waals surface area contributed by atoms with Crippen LogP contribution >= 0.6 is 0 Å². The van der Waals surface area contributed by atoms with Crippen molar-refractivity contribution >= 4 is 58.9 Å². The fourth-order valence-corrected chi connectivity index (χ4v) is 15.3. The summed E-state index contributed by atoms with van der Waals surface area (Å²) < 4.78 is 0. The third-order valence-electron chi connectivity index (χ3n) is 22.6. The molecule has 38 heteroatoms. The molecule has 5 unspecified atom stereocenters. The number of piperidine rings is 1. The molecule has 6 atom stereocenters. The van der Waals surface area contributed by atoms with Crippen LogP contribution in [0.1, 0.15) is 123 Å². The maximum Gasteiger partial charge on any atom is 0.268 e. The number of phenolic OH excluding ortho intramolecular Hbond substituents is 22. The van der Waals surface area contributed by atoms with Crippen LogP contribution in [0.3, 0.4) is 0 Å². The third kappa shape index (κ3) is 24.8. The van der Waals surface area contributed by atoms with E-state index in [-0.39, 0.29) is 214 Å². The zero-order valence-corrected chi connectivity index (χ0v) is 71.2. The van der Waals surface area contributed by atoms with Gasteiger partial charge >= 0.3 is 0 Å². The Kier molecular flexibility index (Phi) is 31.4. The Bertz CT molecular complexity index is 6060. The lowest BCUT2D eigenvalue weighted by molar-refractivity contribution is -0.134. The van der Waals surface area contributed by atoms with Crippen molar-refractivity contribution < 1.29 is 151 Å². The number of anilines is 1. The van der Waals surface area contributed by atoms with Gasteiger partial charge in [-0.1, -0.05) is 37.1 Å². The molecule has 11 aromatic carbocycles. The zero-order chi connectivity index (χ0) is 97.2. The highest BCUT2D eigenvalue weighted by atomic mass is 16.3. The number of ketones is 1. The van der Waals surface area contributed by atoms with Gasteiger partial charge in [0, 0.05) is 114 Å². The Morgan fingerprint density at radius 3 is 0.978 bits per heavy atom. The lowest BCUT2D eigenvalue weighted by Crippen LogP contribution is -2.53. The number of nitrogens with zero attached hydrogens (tertiary/aromatic N) is 3. The molecule has 7 amide bonds. The van der Waals surface area contributed by atoms with E-state index in [0.717, 1.165) is 55.0 Å². The van der Waals surface area contributed by atoms with E-state index in [1.165, 1.54) is 176 Å². The zero-order valence-electron chi connectivity index (χ0n) is 71.2. The number of hydrogen-bond donors (Lipinski definition) is 27. The number of piperazine rings is 1. The molecule has 0 aromatic heterocycles. The van der Waals surface area contributed by atoms with Gasteiger partial charge in [0.05, 0.1) is 0 Å². The van der Waals surface area contributed by atoms with E-state index in [4.69, 9.17) is 10.2 Å². The molecule has 700 valence electrons. The lowest BCUT2D eigenvalue weighted by Gasteiger charge is -2.41. The molecule has 0 spiro atoms. The molecule has 4 fully saturated rings. The van der Waals surface area contributed by atoms with Crippen LogP contribution in [0.25, 0.3) is 6.08 Å². The van der Waals surface area contributed by atoms with Crippen molar-refractivity contribution in [1.82, 2.24) is 36.0 Å². The number of benzene rings is 11. The molecule has 3 aliphatic heterocycles. The highest BCUT2D eigenvalue weighted by molar-refractivity contribution is 6.06. The maximum atomic E-state index is 13.4. The summed E-state index contributed by atoms with van der Waals surface area (Å²) in [5.41, 5.74) is 3.47. The van der Waals surface area contributed by atoms with Gasteiger partial charge in [-0.15, -0.1) is 0 Å². The predicted molar refractivity (Wildman–Crippen MR) is 479 cm³/mol. The van der Waals surface area contributed by atoms with E-state index in [0.29, 0.717) is 57.4 Å². The number of phenols is 22. The first kappa shape index (κ1) is 97.3. The summed E-state index contributed by atoms with van der Waals surface area (Å²) >= 11 is 0. The minimum atomic E-state index is -0.767. The number of carbonyl (C=O) groups is 8. The fraction of sp³-hybridized carbons (Fsp3) is 0.208. The predicted octanol–water partition coefficient (Wildman–Crippen LogP) is 9.43. The Morgan fingerprint density at radius 1 is 0.321 bits per heavy atom. The molecular formula is C96H96N8O30. The third-order valence-corrected chi connectivity index (χ3v) is 22.6. The number of hydrogen-bond acceptors (Lipinski definition) is 31. The summed E-state index contributed by atoms with van der Waals surface area (Å²) in [5, 5.41) is 221. The summed E-state index contributed by atoms with van der Waals surface area (Å²) in [4.78, 5) is 106.